The summed E-state index contributed by atoms with van der Waals surface area (Å²) in [7, 11) is 0. The fraction of sp³-hybridized carbons (Fsp3) is 0.500. The van der Waals surface area contributed by atoms with Crippen LogP contribution < -0.4 is 0 Å². The first-order chi connectivity index (χ1) is 12.1. The van der Waals surface area contributed by atoms with Gasteiger partial charge < -0.3 is 14.2 Å². The Morgan fingerprint density at radius 3 is 2.48 bits per heavy atom. The number of rotatable bonds is 4. The molecule has 1 saturated carbocycles. The van der Waals surface area contributed by atoms with Crippen LogP contribution in [0.3, 0.4) is 0 Å². The van der Waals surface area contributed by atoms with Crippen LogP contribution in [-0.2, 0) is 11.3 Å². The van der Waals surface area contributed by atoms with Gasteiger partial charge in [0, 0.05) is 13.1 Å². The summed E-state index contributed by atoms with van der Waals surface area (Å²) in [5.41, 5.74) is 2.54. The molecule has 132 valence electrons. The van der Waals surface area contributed by atoms with E-state index in [2.05, 4.69) is 17.3 Å². The number of fused-ring (bicyclic) bond motifs is 1. The molecule has 1 aromatic carbocycles. The number of amides is 1. The summed E-state index contributed by atoms with van der Waals surface area (Å²) in [5.74, 6) is 1.77. The molecule has 2 aromatic rings. The van der Waals surface area contributed by atoms with Gasteiger partial charge in [-0.25, -0.2) is 0 Å². The molecule has 5 heteroatoms. The molecule has 0 spiro atoms. The monoisotopic (exact) mass is 340 g/mol. The van der Waals surface area contributed by atoms with E-state index < -0.39 is 0 Å². The van der Waals surface area contributed by atoms with E-state index in [-0.39, 0.29) is 5.91 Å². The van der Waals surface area contributed by atoms with Crippen LogP contribution in [0.15, 0.2) is 34.9 Å². The molecule has 1 aliphatic carbocycles. The van der Waals surface area contributed by atoms with Gasteiger partial charge in [-0.05, 0) is 44.1 Å². The second-order valence-electron chi connectivity index (χ2n) is 7.32. The topological polar surface area (TPSA) is 55.6 Å². The fourth-order valence-corrected chi connectivity index (χ4v) is 4.28. The van der Waals surface area contributed by atoms with Crippen LogP contribution in [0.25, 0.3) is 0 Å². The number of carbonyl (C=O) groups is 1. The van der Waals surface area contributed by atoms with E-state index in [9.17, 15) is 4.79 Å². The summed E-state index contributed by atoms with van der Waals surface area (Å²) in [6, 6.07) is 10.3. The minimum Gasteiger partial charge on any atom is -0.374 e. The average Bonchev–Trinajstić information content (AvgIpc) is 3.27. The number of hydrogen-bond donors (Lipinski definition) is 0. The number of aryl methyl sites for hydroxylation is 2. The fourth-order valence-electron chi connectivity index (χ4n) is 4.28. The zero-order chi connectivity index (χ0) is 17.4. The molecule has 2 fully saturated rings. The smallest absolute Gasteiger partial charge is 0.259 e. The van der Waals surface area contributed by atoms with Crippen molar-refractivity contribution in [2.24, 2.45) is 11.8 Å². The Hall–Kier alpha value is -2.14. The van der Waals surface area contributed by atoms with Crippen LogP contribution in [0.1, 0.15) is 40.2 Å². The quantitative estimate of drug-likeness (QED) is 0.856. The van der Waals surface area contributed by atoms with E-state index in [1.807, 2.05) is 30.0 Å². The molecule has 1 aliphatic heterocycles. The van der Waals surface area contributed by atoms with Gasteiger partial charge in [0.15, 0.2) is 0 Å². The molecule has 2 aliphatic rings. The third-order valence-electron chi connectivity index (χ3n) is 5.57. The Labute approximate surface area is 147 Å². The van der Waals surface area contributed by atoms with E-state index in [4.69, 9.17) is 9.26 Å². The molecule has 3 atom stereocenters. The zero-order valence-corrected chi connectivity index (χ0v) is 14.8. The Bertz CT molecular complexity index is 722. The van der Waals surface area contributed by atoms with Crippen LogP contribution in [-0.4, -0.2) is 35.2 Å². The van der Waals surface area contributed by atoms with Crippen molar-refractivity contribution in [2.75, 3.05) is 13.1 Å². The standard InChI is InChI=1S/C20H24N2O3/c1-13-19(14(2)25-21-13)20(23)22-10-16-8-18(9-17(16)11-22)24-12-15-6-4-3-5-7-15/h3-7,16-18H,8-12H2,1-2H3/t16-,17+,18?. The predicted molar refractivity (Wildman–Crippen MR) is 93.1 cm³/mol. The van der Waals surface area contributed by atoms with Crippen LogP contribution in [0.2, 0.25) is 0 Å². The van der Waals surface area contributed by atoms with Gasteiger partial charge in [-0.2, -0.15) is 0 Å². The third-order valence-corrected chi connectivity index (χ3v) is 5.57. The van der Waals surface area contributed by atoms with Gasteiger partial charge in [-0.15, -0.1) is 0 Å². The maximum atomic E-state index is 12.8. The number of carbonyl (C=O) groups excluding carboxylic acids is 1. The van der Waals surface area contributed by atoms with Crippen molar-refractivity contribution in [2.45, 2.75) is 39.4 Å². The highest BCUT2D eigenvalue weighted by atomic mass is 16.5. The van der Waals surface area contributed by atoms with Gasteiger partial charge in [0.2, 0.25) is 0 Å². The zero-order valence-electron chi connectivity index (χ0n) is 14.8. The molecule has 1 unspecified atom stereocenters. The Balaban J connectivity index is 1.32. The van der Waals surface area contributed by atoms with E-state index in [0.717, 1.165) is 25.9 Å². The predicted octanol–water partition coefficient (Wildman–Crippen LogP) is 3.36. The van der Waals surface area contributed by atoms with Gasteiger partial charge in [0.05, 0.1) is 18.4 Å². The minimum absolute atomic E-state index is 0.0624. The summed E-state index contributed by atoms with van der Waals surface area (Å²) in [6.07, 6.45) is 2.40. The van der Waals surface area contributed by atoms with Gasteiger partial charge in [-0.3, -0.25) is 4.79 Å². The van der Waals surface area contributed by atoms with Gasteiger partial charge >= 0.3 is 0 Å². The largest absolute Gasteiger partial charge is 0.374 e. The first-order valence-electron chi connectivity index (χ1n) is 8.99. The number of aromatic nitrogens is 1. The molecule has 1 amide bonds. The molecule has 4 rings (SSSR count). The number of ether oxygens (including phenoxy) is 1. The van der Waals surface area contributed by atoms with E-state index in [1.54, 1.807) is 6.92 Å². The molecular weight excluding hydrogens is 316 g/mol. The van der Waals surface area contributed by atoms with Crippen molar-refractivity contribution in [1.29, 1.82) is 0 Å². The summed E-state index contributed by atoms with van der Waals surface area (Å²) in [5, 5.41) is 3.90. The van der Waals surface area contributed by atoms with Crippen molar-refractivity contribution < 1.29 is 14.1 Å². The lowest BCUT2D eigenvalue weighted by Gasteiger charge is -2.19. The van der Waals surface area contributed by atoms with Gasteiger partial charge in [-0.1, -0.05) is 35.5 Å². The van der Waals surface area contributed by atoms with Crippen molar-refractivity contribution in [1.82, 2.24) is 10.1 Å². The van der Waals surface area contributed by atoms with Gasteiger partial charge in [0.25, 0.3) is 5.91 Å². The van der Waals surface area contributed by atoms with Crippen molar-refractivity contribution >= 4 is 5.91 Å². The van der Waals surface area contributed by atoms with Crippen molar-refractivity contribution in [3.8, 4) is 0 Å². The lowest BCUT2D eigenvalue weighted by atomic mass is 10.0. The molecule has 2 heterocycles. The highest BCUT2D eigenvalue weighted by molar-refractivity contribution is 5.96. The number of nitrogens with zero attached hydrogens (tertiary/aromatic N) is 2. The van der Waals surface area contributed by atoms with Crippen LogP contribution in [0, 0.1) is 25.7 Å². The van der Waals surface area contributed by atoms with E-state index >= 15 is 0 Å². The first-order valence-corrected chi connectivity index (χ1v) is 8.99. The average molecular weight is 340 g/mol. The second kappa shape index (κ2) is 6.64. The molecule has 25 heavy (non-hydrogen) atoms. The van der Waals surface area contributed by atoms with E-state index in [1.165, 1.54) is 5.56 Å². The lowest BCUT2D eigenvalue weighted by molar-refractivity contribution is 0.0367. The Kier molecular flexibility index (Phi) is 4.34. The summed E-state index contributed by atoms with van der Waals surface area (Å²) in [4.78, 5) is 14.7. The Morgan fingerprint density at radius 1 is 1.20 bits per heavy atom. The van der Waals surface area contributed by atoms with Gasteiger partial charge in [0.1, 0.15) is 11.3 Å². The lowest BCUT2D eigenvalue weighted by Crippen LogP contribution is -2.31. The van der Waals surface area contributed by atoms with E-state index in [0.29, 0.717) is 41.6 Å². The maximum absolute atomic E-state index is 12.8. The highest BCUT2D eigenvalue weighted by Gasteiger charge is 2.43. The van der Waals surface area contributed by atoms with Crippen molar-refractivity contribution in [3.05, 3.63) is 52.9 Å². The molecule has 5 nitrogen and oxygen atoms in total. The third kappa shape index (κ3) is 3.21. The second-order valence-corrected chi connectivity index (χ2v) is 7.32. The number of likely N-dealkylation sites (tertiary alicyclic amines) is 1. The number of hydrogen-bond acceptors (Lipinski definition) is 4. The molecule has 0 N–H and O–H groups in total. The summed E-state index contributed by atoms with van der Waals surface area (Å²) in [6.45, 7) is 5.94. The molecule has 0 bridgehead atoms. The van der Waals surface area contributed by atoms with Crippen LogP contribution in [0.4, 0.5) is 0 Å². The normalized spacial score (nSPS) is 25.4. The Morgan fingerprint density at radius 2 is 1.88 bits per heavy atom. The maximum Gasteiger partial charge on any atom is 0.259 e. The molecular formula is C20H24N2O3. The summed E-state index contributed by atoms with van der Waals surface area (Å²) < 4.78 is 11.2. The molecule has 0 radical (unpaired) electrons. The minimum atomic E-state index is 0.0624. The first kappa shape index (κ1) is 16.3. The van der Waals surface area contributed by atoms with Crippen LogP contribution in [0.5, 0.6) is 0 Å². The summed E-state index contributed by atoms with van der Waals surface area (Å²) >= 11 is 0. The SMILES string of the molecule is Cc1noc(C)c1C(=O)N1C[C@H]2CC(OCc3ccccc3)C[C@H]2C1. The van der Waals surface area contributed by atoms with Crippen molar-refractivity contribution in [3.63, 3.8) is 0 Å². The number of benzene rings is 1. The highest BCUT2D eigenvalue weighted by Crippen LogP contribution is 2.40. The molecule has 1 aromatic heterocycles. The van der Waals surface area contributed by atoms with Crippen LogP contribution >= 0.6 is 0 Å². The molecule has 1 saturated heterocycles.